The van der Waals surface area contributed by atoms with E-state index in [4.69, 9.17) is 0 Å². The highest BCUT2D eigenvalue weighted by molar-refractivity contribution is 4.77. The fourth-order valence-corrected chi connectivity index (χ4v) is 1.60. The molecule has 0 aromatic rings. The van der Waals surface area contributed by atoms with Crippen LogP contribution in [0.15, 0.2) is 0 Å². The molecule has 1 heteroatoms. The van der Waals surface area contributed by atoms with Gasteiger partial charge in [-0.05, 0) is 31.1 Å². The topological polar surface area (TPSA) is 20.2 Å². The van der Waals surface area contributed by atoms with E-state index in [0.717, 1.165) is 6.42 Å². The maximum Gasteiger partial charge on any atom is 0.0570 e. The molecule has 0 aromatic heterocycles. The van der Waals surface area contributed by atoms with Crippen molar-refractivity contribution in [3.8, 4) is 0 Å². The number of hydrogen-bond acceptors (Lipinski definition) is 1. The molecule has 1 nitrogen and oxygen atoms in total. The van der Waals surface area contributed by atoms with Crippen molar-refractivity contribution in [2.75, 3.05) is 0 Å². The average Bonchev–Trinajstić information content (AvgIpc) is 1.83. The maximum absolute atomic E-state index is 9.67. The minimum Gasteiger partial charge on any atom is -0.393 e. The van der Waals surface area contributed by atoms with Gasteiger partial charge in [-0.3, -0.25) is 0 Å². The van der Waals surface area contributed by atoms with Crippen molar-refractivity contribution >= 4 is 0 Å². The van der Waals surface area contributed by atoms with Crippen molar-refractivity contribution in [2.45, 2.75) is 52.1 Å². The largest absolute Gasteiger partial charge is 0.393 e. The average molecular weight is 156 g/mol. The van der Waals surface area contributed by atoms with Crippen molar-refractivity contribution in [2.24, 2.45) is 11.8 Å². The Bertz CT molecular complexity index is 107. The molecular formula is C10H20O. The van der Waals surface area contributed by atoms with Gasteiger partial charge in [0.15, 0.2) is 0 Å². The van der Waals surface area contributed by atoms with Gasteiger partial charge < -0.3 is 5.11 Å². The Morgan fingerprint density at radius 1 is 1.45 bits per heavy atom. The quantitative estimate of drug-likeness (QED) is 0.663. The third kappa shape index (κ3) is 2.48. The standard InChI is InChI=1S/C10H20O/c1-3-8(2)7-10(11)9-5-4-6-9/h8-11H,3-7H2,1-2H3. The fraction of sp³-hybridized carbons (Fsp3) is 1.00. The van der Waals surface area contributed by atoms with E-state index in [1.807, 2.05) is 0 Å². The van der Waals surface area contributed by atoms with E-state index >= 15 is 0 Å². The molecule has 0 saturated heterocycles. The van der Waals surface area contributed by atoms with Gasteiger partial charge in [-0.2, -0.15) is 0 Å². The molecule has 0 spiro atoms. The molecule has 66 valence electrons. The van der Waals surface area contributed by atoms with Crippen LogP contribution in [-0.4, -0.2) is 11.2 Å². The van der Waals surface area contributed by atoms with Crippen LogP contribution in [0.3, 0.4) is 0 Å². The van der Waals surface area contributed by atoms with E-state index in [1.165, 1.54) is 25.7 Å². The highest BCUT2D eigenvalue weighted by Crippen LogP contribution is 2.32. The normalized spacial score (nSPS) is 24.3. The fourth-order valence-electron chi connectivity index (χ4n) is 1.60. The number of rotatable bonds is 4. The van der Waals surface area contributed by atoms with Crippen LogP contribution < -0.4 is 0 Å². The molecule has 11 heavy (non-hydrogen) atoms. The van der Waals surface area contributed by atoms with Crippen molar-refractivity contribution in [3.05, 3.63) is 0 Å². The van der Waals surface area contributed by atoms with Crippen LogP contribution in [0, 0.1) is 11.8 Å². The van der Waals surface area contributed by atoms with E-state index in [0.29, 0.717) is 11.8 Å². The van der Waals surface area contributed by atoms with Crippen molar-refractivity contribution < 1.29 is 5.11 Å². The lowest BCUT2D eigenvalue weighted by molar-refractivity contribution is 0.0438. The Hall–Kier alpha value is -0.0400. The lowest BCUT2D eigenvalue weighted by Crippen LogP contribution is -2.28. The molecular weight excluding hydrogens is 136 g/mol. The molecule has 0 amide bonds. The summed E-state index contributed by atoms with van der Waals surface area (Å²) in [6.45, 7) is 4.42. The molecule has 1 saturated carbocycles. The van der Waals surface area contributed by atoms with Crippen LogP contribution in [0.25, 0.3) is 0 Å². The minimum absolute atomic E-state index is 0.00120. The van der Waals surface area contributed by atoms with Gasteiger partial charge in [0, 0.05) is 0 Å². The first-order valence-electron chi connectivity index (χ1n) is 4.92. The van der Waals surface area contributed by atoms with E-state index in [-0.39, 0.29) is 6.10 Å². The summed E-state index contributed by atoms with van der Waals surface area (Å²) in [5.41, 5.74) is 0. The predicted molar refractivity (Wildman–Crippen MR) is 47.4 cm³/mol. The first-order valence-corrected chi connectivity index (χ1v) is 4.92. The molecule has 2 atom stereocenters. The second-order valence-electron chi connectivity index (χ2n) is 4.01. The predicted octanol–water partition coefficient (Wildman–Crippen LogP) is 2.58. The third-order valence-electron chi connectivity index (χ3n) is 3.03. The maximum atomic E-state index is 9.67. The molecule has 0 bridgehead atoms. The molecule has 1 aliphatic rings. The molecule has 0 aromatic carbocycles. The molecule has 0 aliphatic heterocycles. The van der Waals surface area contributed by atoms with Gasteiger partial charge in [0.1, 0.15) is 0 Å². The first kappa shape index (κ1) is 9.05. The highest BCUT2D eigenvalue weighted by atomic mass is 16.3. The lowest BCUT2D eigenvalue weighted by atomic mass is 9.78. The number of hydrogen-bond donors (Lipinski definition) is 1. The molecule has 2 unspecified atom stereocenters. The smallest absolute Gasteiger partial charge is 0.0570 e. The first-order chi connectivity index (χ1) is 5.24. The molecule has 0 heterocycles. The van der Waals surface area contributed by atoms with E-state index in [2.05, 4.69) is 13.8 Å². The molecule has 1 rings (SSSR count). The number of aliphatic hydroxyl groups is 1. The molecule has 1 aliphatic carbocycles. The van der Waals surface area contributed by atoms with Crippen LogP contribution in [-0.2, 0) is 0 Å². The second kappa shape index (κ2) is 4.10. The Morgan fingerprint density at radius 2 is 2.09 bits per heavy atom. The van der Waals surface area contributed by atoms with Gasteiger partial charge in [-0.25, -0.2) is 0 Å². The second-order valence-corrected chi connectivity index (χ2v) is 4.01. The van der Waals surface area contributed by atoms with Crippen LogP contribution in [0.1, 0.15) is 46.0 Å². The minimum atomic E-state index is -0.00120. The van der Waals surface area contributed by atoms with Gasteiger partial charge in [-0.15, -0.1) is 0 Å². The van der Waals surface area contributed by atoms with Crippen LogP contribution in [0.4, 0.5) is 0 Å². The van der Waals surface area contributed by atoms with E-state index < -0.39 is 0 Å². The van der Waals surface area contributed by atoms with Crippen LogP contribution >= 0.6 is 0 Å². The third-order valence-corrected chi connectivity index (χ3v) is 3.03. The zero-order valence-electron chi connectivity index (χ0n) is 7.71. The summed E-state index contributed by atoms with van der Waals surface area (Å²) < 4.78 is 0. The van der Waals surface area contributed by atoms with Gasteiger partial charge in [0.25, 0.3) is 0 Å². The van der Waals surface area contributed by atoms with Gasteiger partial charge in [0.05, 0.1) is 6.10 Å². The highest BCUT2D eigenvalue weighted by Gasteiger charge is 2.25. The van der Waals surface area contributed by atoms with Gasteiger partial charge in [-0.1, -0.05) is 26.7 Å². The van der Waals surface area contributed by atoms with Crippen molar-refractivity contribution in [1.82, 2.24) is 0 Å². The zero-order chi connectivity index (χ0) is 8.27. The summed E-state index contributed by atoms with van der Waals surface area (Å²) >= 11 is 0. The summed E-state index contributed by atoms with van der Waals surface area (Å²) in [5, 5.41) is 9.67. The van der Waals surface area contributed by atoms with E-state index in [1.54, 1.807) is 0 Å². The summed E-state index contributed by atoms with van der Waals surface area (Å²) in [5.74, 6) is 1.34. The molecule has 0 radical (unpaired) electrons. The summed E-state index contributed by atoms with van der Waals surface area (Å²) in [6.07, 6.45) is 6.07. The van der Waals surface area contributed by atoms with Crippen molar-refractivity contribution in [1.29, 1.82) is 0 Å². The molecule has 1 fully saturated rings. The Morgan fingerprint density at radius 3 is 2.45 bits per heavy atom. The summed E-state index contributed by atoms with van der Waals surface area (Å²) in [6, 6.07) is 0. The SMILES string of the molecule is CCC(C)CC(O)C1CCC1. The Labute approximate surface area is 69.8 Å². The van der Waals surface area contributed by atoms with Crippen molar-refractivity contribution in [3.63, 3.8) is 0 Å². The molecule has 1 N–H and O–H groups in total. The summed E-state index contributed by atoms with van der Waals surface area (Å²) in [7, 11) is 0. The Balaban J connectivity index is 2.13. The lowest BCUT2D eigenvalue weighted by Gasteiger charge is -2.31. The zero-order valence-corrected chi connectivity index (χ0v) is 7.71. The Kier molecular flexibility index (Phi) is 3.38. The van der Waals surface area contributed by atoms with Gasteiger partial charge in [0.2, 0.25) is 0 Å². The van der Waals surface area contributed by atoms with Crippen LogP contribution in [0.2, 0.25) is 0 Å². The van der Waals surface area contributed by atoms with Crippen LogP contribution in [0.5, 0.6) is 0 Å². The monoisotopic (exact) mass is 156 g/mol. The van der Waals surface area contributed by atoms with Gasteiger partial charge >= 0.3 is 0 Å². The van der Waals surface area contributed by atoms with E-state index in [9.17, 15) is 5.11 Å². The summed E-state index contributed by atoms with van der Waals surface area (Å²) in [4.78, 5) is 0. The number of aliphatic hydroxyl groups excluding tert-OH is 1.